The van der Waals surface area contributed by atoms with Gasteiger partial charge in [0.15, 0.2) is 0 Å². The number of carbonyl (C=O) groups is 3. The zero-order valence-corrected chi connectivity index (χ0v) is 28.1. The summed E-state index contributed by atoms with van der Waals surface area (Å²) >= 11 is 0. The molecule has 0 bridgehead atoms. The number of rotatable bonds is 9. The van der Waals surface area contributed by atoms with Gasteiger partial charge in [-0.05, 0) is 76.0 Å². The van der Waals surface area contributed by atoms with Gasteiger partial charge in [-0.2, -0.15) is 0 Å². The molecule has 6 atom stereocenters. The van der Waals surface area contributed by atoms with E-state index in [9.17, 15) is 14.4 Å². The van der Waals surface area contributed by atoms with Gasteiger partial charge in [0.2, 0.25) is 17.7 Å². The molecule has 2 aromatic carbocycles. The van der Waals surface area contributed by atoms with Crippen molar-refractivity contribution in [2.24, 2.45) is 5.92 Å². The second-order valence-corrected chi connectivity index (χ2v) is 14.3. The molecule has 1 saturated heterocycles. The summed E-state index contributed by atoms with van der Waals surface area (Å²) in [6, 6.07) is 13.9. The molecule has 2 saturated carbocycles. The summed E-state index contributed by atoms with van der Waals surface area (Å²) in [5, 5.41) is 9.67. The minimum Gasteiger partial charge on any atom is -0.362 e. The summed E-state index contributed by atoms with van der Waals surface area (Å²) in [5.74, 6) is -1.04. The lowest BCUT2D eigenvalue weighted by molar-refractivity contribution is -0.138. The van der Waals surface area contributed by atoms with Crippen molar-refractivity contribution < 1.29 is 18.8 Å². The number of anilines is 2. The van der Waals surface area contributed by atoms with Gasteiger partial charge in [0.25, 0.3) is 0 Å². The number of piperidine rings is 1. The van der Waals surface area contributed by atoms with Crippen LogP contribution in [0.1, 0.15) is 109 Å². The average molecular weight is 646 g/mol. The summed E-state index contributed by atoms with van der Waals surface area (Å²) < 4.78 is 15.5. The van der Waals surface area contributed by atoms with Crippen molar-refractivity contribution in [3.8, 4) is 0 Å². The topological polar surface area (TPSA) is 93.8 Å². The number of amides is 3. The van der Waals surface area contributed by atoms with Crippen molar-refractivity contribution in [2.45, 2.75) is 134 Å². The summed E-state index contributed by atoms with van der Waals surface area (Å²) in [4.78, 5) is 45.2. The summed E-state index contributed by atoms with van der Waals surface area (Å²) in [5.41, 5.74) is 2.42. The number of nitrogens with zero attached hydrogens (tertiary/aromatic N) is 2. The van der Waals surface area contributed by atoms with Crippen molar-refractivity contribution in [3.63, 3.8) is 0 Å². The van der Waals surface area contributed by atoms with E-state index in [0.29, 0.717) is 12.2 Å². The number of likely N-dealkylation sites (tertiary alicyclic amines) is 1. The Morgan fingerprint density at radius 3 is 2.32 bits per heavy atom. The van der Waals surface area contributed by atoms with Crippen LogP contribution in [-0.4, -0.2) is 59.5 Å². The van der Waals surface area contributed by atoms with Crippen molar-refractivity contribution in [2.75, 3.05) is 16.8 Å². The fourth-order valence-corrected chi connectivity index (χ4v) is 8.13. The molecule has 3 amide bonds. The highest BCUT2D eigenvalue weighted by atomic mass is 19.1. The van der Waals surface area contributed by atoms with Crippen LogP contribution in [0.15, 0.2) is 48.5 Å². The number of hydrogen-bond acceptors (Lipinski definition) is 5. The van der Waals surface area contributed by atoms with E-state index < -0.39 is 12.1 Å². The predicted octanol–water partition coefficient (Wildman–Crippen LogP) is 6.47. The van der Waals surface area contributed by atoms with Crippen LogP contribution in [0.5, 0.6) is 0 Å². The van der Waals surface area contributed by atoms with Crippen LogP contribution < -0.4 is 20.9 Å². The lowest BCUT2D eigenvalue weighted by Gasteiger charge is -2.38. The van der Waals surface area contributed by atoms with Gasteiger partial charge >= 0.3 is 0 Å². The minimum absolute atomic E-state index is 0.0867. The molecule has 6 rings (SSSR count). The summed E-state index contributed by atoms with van der Waals surface area (Å²) in [7, 11) is 0. The molecule has 47 heavy (non-hydrogen) atoms. The van der Waals surface area contributed by atoms with Gasteiger partial charge in [-0.1, -0.05) is 74.9 Å². The monoisotopic (exact) mass is 645 g/mol. The standard InChI is InChI=1S/C38H52FN5O3/c1-25-15-12-13-22-43(25)34(45)24-33(42-37(46)30-23-29(30)27-16-8-7-9-17-27)38(47)40-26(2)36-41-32-21-14-20-31(39)35(32)44(36)28-18-10-5-3-4-6-11-19-28/h7-9,14,16-17,20-21,25-26,28-30,33,36,41H,3-6,10-13,15,18-19,22-24H2,1-2H3,(H,40,47)(H,42,46)/t25-,26-,29+,30-,33-,36?/m0/s1. The molecule has 0 spiro atoms. The second-order valence-electron chi connectivity index (χ2n) is 14.3. The third-order valence-electron chi connectivity index (χ3n) is 10.9. The van der Waals surface area contributed by atoms with Crippen molar-refractivity contribution in [3.05, 3.63) is 59.9 Å². The first kappa shape index (κ1) is 33.3. The van der Waals surface area contributed by atoms with E-state index in [1.54, 1.807) is 6.07 Å². The highest BCUT2D eigenvalue weighted by molar-refractivity contribution is 5.94. The van der Waals surface area contributed by atoms with Crippen LogP contribution in [-0.2, 0) is 14.4 Å². The van der Waals surface area contributed by atoms with E-state index in [-0.39, 0.29) is 60.0 Å². The molecule has 0 aromatic heterocycles. The van der Waals surface area contributed by atoms with Gasteiger partial charge in [-0.25, -0.2) is 4.39 Å². The van der Waals surface area contributed by atoms with E-state index in [4.69, 9.17) is 0 Å². The maximum atomic E-state index is 15.5. The molecule has 3 fully saturated rings. The minimum atomic E-state index is -0.998. The van der Waals surface area contributed by atoms with Gasteiger partial charge < -0.3 is 25.8 Å². The molecule has 3 N–H and O–H groups in total. The lowest BCUT2D eigenvalue weighted by atomic mass is 10.0. The SMILES string of the molecule is C[C@H](NC(=O)[C@H](CC(=O)N1CCCC[C@@H]1C)NC(=O)[C@H]1C[C@@H]1c1ccccc1)C1Nc2cccc(F)c2N1C1CCCCCCCC1. The fourth-order valence-electron chi connectivity index (χ4n) is 8.13. The van der Waals surface area contributed by atoms with E-state index in [1.807, 2.05) is 48.2 Å². The Morgan fingerprint density at radius 1 is 0.894 bits per heavy atom. The van der Waals surface area contributed by atoms with Crippen LogP contribution in [0, 0.1) is 11.7 Å². The van der Waals surface area contributed by atoms with Crippen LogP contribution in [0.4, 0.5) is 15.8 Å². The highest BCUT2D eigenvalue weighted by Crippen LogP contribution is 2.47. The smallest absolute Gasteiger partial charge is 0.243 e. The normalized spacial score (nSPS) is 26.1. The van der Waals surface area contributed by atoms with Gasteiger partial charge in [0.1, 0.15) is 18.0 Å². The van der Waals surface area contributed by atoms with E-state index in [0.717, 1.165) is 62.6 Å². The van der Waals surface area contributed by atoms with Gasteiger partial charge in [0.05, 0.1) is 23.8 Å². The number of benzene rings is 2. The molecular formula is C38H52FN5O3. The van der Waals surface area contributed by atoms with Crippen LogP contribution in [0.3, 0.4) is 0 Å². The molecule has 4 aliphatic rings. The second kappa shape index (κ2) is 15.1. The maximum Gasteiger partial charge on any atom is 0.243 e. The zero-order chi connectivity index (χ0) is 32.9. The number of hydrogen-bond donors (Lipinski definition) is 3. The van der Waals surface area contributed by atoms with Gasteiger partial charge in [-0.3, -0.25) is 14.4 Å². The van der Waals surface area contributed by atoms with Crippen LogP contribution >= 0.6 is 0 Å². The van der Waals surface area contributed by atoms with E-state index in [2.05, 4.69) is 27.8 Å². The fraction of sp³-hybridized carbons (Fsp3) is 0.605. The number of fused-ring (bicyclic) bond motifs is 1. The maximum absolute atomic E-state index is 15.5. The number of halogens is 1. The quantitative estimate of drug-likeness (QED) is 0.291. The zero-order valence-electron chi connectivity index (χ0n) is 28.1. The Labute approximate surface area is 279 Å². The Kier molecular flexibility index (Phi) is 10.7. The molecule has 2 heterocycles. The number of nitrogens with one attached hydrogen (secondary N) is 3. The van der Waals surface area contributed by atoms with Crippen molar-refractivity contribution in [1.82, 2.24) is 15.5 Å². The molecule has 2 aliphatic carbocycles. The molecule has 254 valence electrons. The average Bonchev–Trinajstić information content (AvgIpc) is 3.74. The number of carbonyl (C=O) groups excluding carboxylic acids is 3. The predicted molar refractivity (Wildman–Crippen MR) is 183 cm³/mol. The molecule has 1 unspecified atom stereocenters. The Bertz CT molecular complexity index is 1390. The van der Waals surface area contributed by atoms with E-state index in [1.165, 1.54) is 31.7 Å². The molecule has 8 nitrogen and oxygen atoms in total. The van der Waals surface area contributed by atoms with Gasteiger partial charge in [0, 0.05) is 24.5 Å². The highest BCUT2D eigenvalue weighted by Gasteiger charge is 2.46. The molecule has 2 aliphatic heterocycles. The lowest BCUT2D eigenvalue weighted by Crippen LogP contribution is -2.59. The number of para-hydroxylation sites is 1. The van der Waals surface area contributed by atoms with Crippen molar-refractivity contribution >= 4 is 29.1 Å². The molecule has 0 radical (unpaired) electrons. The Hall–Kier alpha value is -3.62. The third kappa shape index (κ3) is 7.76. The van der Waals surface area contributed by atoms with Gasteiger partial charge in [-0.15, -0.1) is 0 Å². The third-order valence-corrected chi connectivity index (χ3v) is 10.9. The molecular weight excluding hydrogens is 593 g/mol. The van der Waals surface area contributed by atoms with Crippen molar-refractivity contribution in [1.29, 1.82) is 0 Å². The molecule has 2 aromatic rings. The van der Waals surface area contributed by atoms with E-state index >= 15 is 4.39 Å². The molecule has 9 heteroatoms. The first-order chi connectivity index (χ1) is 22.8. The van der Waals surface area contributed by atoms with Crippen LogP contribution in [0.25, 0.3) is 0 Å². The Morgan fingerprint density at radius 2 is 1.60 bits per heavy atom. The summed E-state index contributed by atoms with van der Waals surface area (Å²) in [6.45, 7) is 4.65. The first-order valence-corrected chi connectivity index (χ1v) is 18.1. The Balaban J connectivity index is 1.19. The summed E-state index contributed by atoms with van der Waals surface area (Å²) in [6.07, 6.45) is 12.2. The largest absolute Gasteiger partial charge is 0.362 e. The first-order valence-electron chi connectivity index (χ1n) is 18.1. The van der Waals surface area contributed by atoms with Crippen LogP contribution in [0.2, 0.25) is 0 Å².